The molecule has 3 rings (SSSR count). The van der Waals surface area contributed by atoms with Crippen LogP contribution in [0.1, 0.15) is 43.7 Å². The number of methoxy groups -OCH3 is 1. The van der Waals surface area contributed by atoms with Gasteiger partial charge < -0.3 is 14.8 Å². The number of carbonyl (C=O) groups is 1. The minimum absolute atomic E-state index is 0.0225. The van der Waals surface area contributed by atoms with Gasteiger partial charge in [-0.1, -0.05) is 43.2 Å². The van der Waals surface area contributed by atoms with E-state index in [1.54, 1.807) is 7.11 Å². The van der Waals surface area contributed by atoms with Crippen LogP contribution in [0.3, 0.4) is 0 Å². The topological polar surface area (TPSA) is 50.8 Å². The SMILES string of the molecule is COc1ccc(C(CNC(=O)CCOc2ccccc2)N2CCCCCC2)cc1. The van der Waals surface area contributed by atoms with E-state index in [9.17, 15) is 4.79 Å². The summed E-state index contributed by atoms with van der Waals surface area (Å²) in [6, 6.07) is 18.0. The molecule has 1 heterocycles. The van der Waals surface area contributed by atoms with Crippen LogP contribution in [0.25, 0.3) is 0 Å². The van der Waals surface area contributed by atoms with Crippen molar-refractivity contribution in [2.24, 2.45) is 0 Å². The van der Waals surface area contributed by atoms with Crippen LogP contribution in [-0.2, 0) is 4.79 Å². The number of hydrogen-bond donors (Lipinski definition) is 1. The molecule has 1 aliphatic rings. The normalized spacial score (nSPS) is 15.9. The third-order valence-corrected chi connectivity index (χ3v) is 5.42. The standard InChI is InChI=1S/C24H32N2O3/c1-28-21-13-11-20(12-14-21)23(26-16-7-2-3-8-17-26)19-25-24(27)15-18-29-22-9-5-4-6-10-22/h4-6,9-14,23H,2-3,7-8,15-19H2,1H3,(H,25,27). The molecule has 0 spiro atoms. The van der Waals surface area contributed by atoms with Crippen LogP contribution in [0.2, 0.25) is 0 Å². The van der Waals surface area contributed by atoms with Crippen LogP contribution < -0.4 is 14.8 Å². The molecule has 2 aromatic rings. The van der Waals surface area contributed by atoms with Gasteiger partial charge >= 0.3 is 0 Å². The Bertz CT molecular complexity index is 726. The average Bonchev–Trinajstić information content (AvgIpc) is 3.05. The molecule has 0 bridgehead atoms. The summed E-state index contributed by atoms with van der Waals surface area (Å²) in [5, 5.41) is 3.12. The summed E-state index contributed by atoms with van der Waals surface area (Å²) in [5.74, 6) is 1.67. The van der Waals surface area contributed by atoms with Gasteiger partial charge in [-0.25, -0.2) is 0 Å². The van der Waals surface area contributed by atoms with E-state index in [1.807, 2.05) is 42.5 Å². The zero-order valence-corrected chi connectivity index (χ0v) is 17.3. The number of nitrogens with one attached hydrogen (secondary N) is 1. The fourth-order valence-electron chi connectivity index (χ4n) is 3.77. The van der Waals surface area contributed by atoms with Crippen molar-refractivity contribution in [1.29, 1.82) is 0 Å². The summed E-state index contributed by atoms with van der Waals surface area (Å²) < 4.78 is 10.9. The van der Waals surface area contributed by atoms with Gasteiger partial charge in [0, 0.05) is 6.54 Å². The van der Waals surface area contributed by atoms with Crippen molar-refractivity contribution in [1.82, 2.24) is 10.2 Å². The highest BCUT2D eigenvalue weighted by molar-refractivity contribution is 5.76. The number of nitrogens with zero attached hydrogens (tertiary/aromatic N) is 1. The highest BCUT2D eigenvalue weighted by Crippen LogP contribution is 2.25. The molecular formula is C24H32N2O3. The first-order valence-corrected chi connectivity index (χ1v) is 10.6. The van der Waals surface area contributed by atoms with Crippen molar-refractivity contribution >= 4 is 5.91 Å². The Kier molecular flexibility index (Phi) is 8.38. The Labute approximate surface area is 174 Å². The van der Waals surface area contributed by atoms with Crippen LogP contribution in [0, 0.1) is 0 Å². The van der Waals surface area contributed by atoms with Crippen molar-refractivity contribution in [3.8, 4) is 11.5 Å². The van der Waals surface area contributed by atoms with E-state index in [-0.39, 0.29) is 11.9 Å². The first-order valence-electron chi connectivity index (χ1n) is 10.6. The predicted molar refractivity (Wildman–Crippen MR) is 115 cm³/mol. The van der Waals surface area contributed by atoms with E-state index in [2.05, 4.69) is 22.3 Å². The zero-order valence-electron chi connectivity index (χ0n) is 17.3. The molecule has 1 N–H and O–H groups in total. The smallest absolute Gasteiger partial charge is 0.223 e. The molecule has 1 fully saturated rings. The van der Waals surface area contributed by atoms with Gasteiger partial charge in [0.05, 0.1) is 26.2 Å². The summed E-state index contributed by atoms with van der Waals surface area (Å²) in [6.45, 7) is 3.14. The summed E-state index contributed by atoms with van der Waals surface area (Å²) in [6.07, 6.45) is 5.35. The minimum Gasteiger partial charge on any atom is -0.497 e. The number of likely N-dealkylation sites (tertiary alicyclic amines) is 1. The second-order valence-corrected chi connectivity index (χ2v) is 7.45. The van der Waals surface area contributed by atoms with E-state index in [0.29, 0.717) is 19.6 Å². The average molecular weight is 397 g/mol. The number of hydrogen-bond acceptors (Lipinski definition) is 4. The second kappa shape index (κ2) is 11.5. The molecule has 1 aliphatic heterocycles. The summed E-state index contributed by atoms with van der Waals surface area (Å²) in [4.78, 5) is 14.9. The Balaban J connectivity index is 1.56. The van der Waals surface area contributed by atoms with Gasteiger partial charge in [-0.15, -0.1) is 0 Å². The Morgan fingerprint density at radius 3 is 2.31 bits per heavy atom. The molecule has 0 aliphatic carbocycles. The van der Waals surface area contributed by atoms with Gasteiger partial charge in [0.2, 0.25) is 5.91 Å². The molecular weight excluding hydrogens is 364 g/mol. The molecule has 1 atom stereocenters. The third kappa shape index (κ3) is 6.79. The molecule has 1 unspecified atom stereocenters. The maximum atomic E-state index is 12.4. The zero-order chi connectivity index (χ0) is 20.3. The van der Waals surface area contributed by atoms with E-state index in [0.717, 1.165) is 24.6 Å². The second-order valence-electron chi connectivity index (χ2n) is 7.45. The fourth-order valence-corrected chi connectivity index (χ4v) is 3.77. The Morgan fingerprint density at radius 2 is 1.66 bits per heavy atom. The van der Waals surface area contributed by atoms with E-state index in [1.165, 1.54) is 31.2 Å². The van der Waals surface area contributed by atoms with Crippen LogP contribution in [-0.4, -0.2) is 44.2 Å². The van der Waals surface area contributed by atoms with Crippen LogP contribution in [0.15, 0.2) is 54.6 Å². The van der Waals surface area contributed by atoms with E-state index < -0.39 is 0 Å². The number of rotatable bonds is 9. The van der Waals surface area contributed by atoms with Crippen molar-refractivity contribution in [3.05, 3.63) is 60.2 Å². The maximum absolute atomic E-state index is 12.4. The monoisotopic (exact) mass is 396 g/mol. The number of ether oxygens (including phenoxy) is 2. The number of carbonyl (C=O) groups excluding carboxylic acids is 1. The van der Waals surface area contributed by atoms with Gasteiger partial charge in [0.25, 0.3) is 0 Å². The quantitative estimate of drug-likeness (QED) is 0.690. The molecule has 0 radical (unpaired) electrons. The van der Waals surface area contributed by atoms with Crippen molar-refractivity contribution < 1.29 is 14.3 Å². The lowest BCUT2D eigenvalue weighted by atomic mass is 10.0. The lowest BCUT2D eigenvalue weighted by Gasteiger charge is -2.31. The molecule has 1 amide bonds. The van der Waals surface area contributed by atoms with Gasteiger partial charge in [-0.2, -0.15) is 0 Å². The van der Waals surface area contributed by atoms with Crippen molar-refractivity contribution in [3.63, 3.8) is 0 Å². The van der Waals surface area contributed by atoms with Crippen LogP contribution in [0.4, 0.5) is 0 Å². The fraction of sp³-hybridized carbons (Fsp3) is 0.458. The molecule has 2 aromatic carbocycles. The van der Waals surface area contributed by atoms with E-state index >= 15 is 0 Å². The maximum Gasteiger partial charge on any atom is 0.223 e. The molecule has 0 saturated carbocycles. The van der Waals surface area contributed by atoms with Crippen molar-refractivity contribution in [2.45, 2.75) is 38.1 Å². The Hall–Kier alpha value is -2.53. The number of benzene rings is 2. The lowest BCUT2D eigenvalue weighted by Crippen LogP contribution is -2.39. The van der Waals surface area contributed by atoms with Gasteiger partial charge in [-0.05, 0) is 55.8 Å². The molecule has 5 nitrogen and oxygen atoms in total. The highest BCUT2D eigenvalue weighted by atomic mass is 16.5. The van der Waals surface area contributed by atoms with Crippen LogP contribution >= 0.6 is 0 Å². The first-order chi connectivity index (χ1) is 14.3. The van der Waals surface area contributed by atoms with Gasteiger partial charge in [-0.3, -0.25) is 9.69 Å². The third-order valence-electron chi connectivity index (χ3n) is 5.42. The molecule has 29 heavy (non-hydrogen) atoms. The van der Waals surface area contributed by atoms with Gasteiger partial charge in [0.15, 0.2) is 0 Å². The Morgan fingerprint density at radius 1 is 0.966 bits per heavy atom. The summed E-state index contributed by atoms with van der Waals surface area (Å²) >= 11 is 0. The predicted octanol–water partition coefficient (Wildman–Crippen LogP) is 4.20. The minimum atomic E-state index is 0.0225. The largest absolute Gasteiger partial charge is 0.497 e. The highest BCUT2D eigenvalue weighted by Gasteiger charge is 2.22. The molecule has 1 saturated heterocycles. The van der Waals surface area contributed by atoms with E-state index in [4.69, 9.17) is 9.47 Å². The summed E-state index contributed by atoms with van der Waals surface area (Å²) in [5.41, 5.74) is 1.22. The molecule has 156 valence electrons. The first kappa shape index (κ1) is 21.2. The van der Waals surface area contributed by atoms with Crippen LogP contribution in [0.5, 0.6) is 11.5 Å². The molecule has 0 aromatic heterocycles. The molecule has 5 heteroatoms. The lowest BCUT2D eigenvalue weighted by molar-refractivity contribution is -0.121. The van der Waals surface area contributed by atoms with Crippen molar-refractivity contribution in [2.75, 3.05) is 33.4 Å². The number of para-hydroxylation sites is 1. The summed E-state index contributed by atoms with van der Waals surface area (Å²) in [7, 11) is 1.68. The van der Waals surface area contributed by atoms with Gasteiger partial charge in [0.1, 0.15) is 11.5 Å². The number of amides is 1.